The number of carbonyl (C=O) groups excluding carboxylic acids is 1. The molecule has 7 nitrogen and oxygen atoms in total. The Bertz CT molecular complexity index is 844. The van der Waals surface area contributed by atoms with Crippen LogP contribution in [0, 0.1) is 0 Å². The number of aliphatic hydroxyl groups excluding tert-OH is 1. The number of rotatable bonds is 12. The van der Waals surface area contributed by atoms with E-state index in [0.717, 1.165) is 37.2 Å². The lowest BCUT2D eigenvalue weighted by atomic mass is 10.1. The molecule has 0 aliphatic carbocycles. The number of nitrogens with zero attached hydrogens (tertiary/aromatic N) is 1. The van der Waals surface area contributed by atoms with E-state index in [-0.39, 0.29) is 25.1 Å². The largest absolute Gasteiger partial charge is 0.497 e. The van der Waals surface area contributed by atoms with Crippen molar-refractivity contribution < 1.29 is 24.1 Å². The van der Waals surface area contributed by atoms with Gasteiger partial charge in [-0.2, -0.15) is 0 Å². The summed E-state index contributed by atoms with van der Waals surface area (Å²) >= 11 is 0. The highest BCUT2D eigenvalue weighted by atomic mass is 16.5. The molecule has 2 aromatic rings. The summed E-state index contributed by atoms with van der Waals surface area (Å²) < 4.78 is 16.1. The minimum Gasteiger partial charge on any atom is -0.497 e. The first-order chi connectivity index (χ1) is 15.1. The molecule has 0 unspecified atom stereocenters. The molecule has 1 heterocycles. The maximum Gasteiger partial charge on any atom is 0.222 e. The summed E-state index contributed by atoms with van der Waals surface area (Å²) in [4.78, 5) is 14.1. The fourth-order valence-corrected chi connectivity index (χ4v) is 3.79. The third-order valence-electron chi connectivity index (χ3n) is 5.46. The molecule has 1 saturated heterocycles. The van der Waals surface area contributed by atoms with Crippen LogP contribution in [-0.4, -0.2) is 62.0 Å². The van der Waals surface area contributed by atoms with Crippen molar-refractivity contribution in [1.82, 2.24) is 10.2 Å². The number of carbonyl (C=O) groups is 1. The molecule has 2 N–H and O–H groups in total. The van der Waals surface area contributed by atoms with Crippen molar-refractivity contribution in [3.63, 3.8) is 0 Å². The smallest absolute Gasteiger partial charge is 0.222 e. The first kappa shape index (κ1) is 22.9. The van der Waals surface area contributed by atoms with Crippen LogP contribution in [0.15, 0.2) is 48.5 Å². The zero-order chi connectivity index (χ0) is 22.1. The second kappa shape index (κ2) is 11.6. The number of hydrogen-bond donors (Lipinski definition) is 2. The number of β-amino-alcohol motifs (C(OH)–C–C–N with tert-alkyl or cyclic N) is 1. The SMILES string of the molecule is COc1cccc(CNCC[C@@H]2CCC(=O)N2C[C@H](O)COc2cccc(OC)c2)c1. The Balaban J connectivity index is 1.42. The Morgan fingerprint density at radius 1 is 1.10 bits per heavy atom. The molecule has 2 atom stereocenters. The van der Waals surface area contributed by atoms with Crippen LogP contribution in [0.1, 0.15) is 24.8 Å². The van der Waals surface area contributed by atoms with E-state index in [2.05, 4.69) is 11.4 Å². The van der Waals surface area contributed by atoms with Gasteiger partial charge < -0.3 is 29.5 Å². The van der Waals surface area contributed by atoms with E-state index in [1.807, 2.05) is 36.4 Å². The molecule has 0 spiro atoms. The third-order valence-corrected chi connectivity index (χ3v) is 5.46. The maximum absolute atomic E-state index is 12.3. The van der Waals surface area contributed by atoms with Crippen molar-refractivity contribution in [2.45, 2.75) is 38.0 Å². The Hall–Kier alpha value is -2.77. The minimum absolute atomic E-state index is 0.0956. The van der Waals surface area contributed by atoms with Crippen LogP contribution < -0.4 is 19.5 Å². The van der Waals surface area contributed by atoms with Gasteiger partial charge in [0.05, 0.1) is 20.8 Å². The minimum atomic E-state index is -0.750. The van der Waals surface area contributed by atoms with Crippen molar-refractivity contribution >= 4 is 5.91 Å². The number of hydrogen-bond acceptors (Lipinski definition) is 6. The lowest BCUT2D eigenvalue weighted by Crippen LogP contribution is -2.42. The van der Waals surface area contributed by atoms with Gasteiger partial charge in [0.25, 0.3) is 0 Å². The molecule has 1 amide bonds. The van der Waals surface area contributed by atoms with Crippen molar-refractivity contribution in [2.24, 2.45) is 0 Å². The van der Waals surface area contributed by atoms with Crippen molar-refractivity contribution in [1.29, 1.82) is 0 Å². The van der Waals surface area contributed by atoms with Crippen LogP contribution >= 0.6 is 0 Å². The van der Waals surface area contributed by atoms with E-state index in [4.69, 9.17) is 14.2 Å². The van der Waals surface area contributed by atoms with Crippen LogP contribution in [0.25, 0.3) is 0 Å². The number of likely N-dealkylation sites (tertiary alicyclic amines) is 1. The van der Waals surface area contributed by atoms with Crippen LogP contribution in [0.5, 0.6) is 17.2 Å². The first-order valence-corrected chi connectivity index (χ1v) is 10.7. The molecule has 0 aromatic heterocycles. The van der Waals surface area contributed by atoms with Gasteiger partial charge in [0, 0.05) is 25.1 Å². The Labute approximate surface area is 183 Å². The lowest BCUT2D eigenvalue weighted by Gasteiger charge is -2.27. The van der Waals surface area contributed by atoms with E-state index in [1.165, 1.54) is 0 Å². The van der Waals surface area contributed by atoms with E-state index in [0.29, 0.717) is 17.9 Å². The summed E-state index contributed by atoms with van der Waals surface area (Å²) in [5, 5.41) is 13.9. The molecule has 3 rings (SSSR count). The molecule has 31 heavy (non-hydrogen) atoms. The molecule has 7 heteroatoms. The molecular weight excluding hydrogens is 396 g/mol. The van der Waals surface area contributed by atoms with Gasteiger partial charge in [0.2, 0.25) is 5.91 Å². The monoisotopic (exact) mass is 428 g/mol. The molecule has 168 valence electrons. The molecule has 2 aromatic carbocycles. The molecule has 0 saturated carbocycles. The van der Waals surface area contributed by atoms with E-state index in [1.54, 1.807) is 25.2 Å². The van der Waals surface area contributed by atoms with Crippen LogP contribution in [-0.2, 0) is 11.3 Å². The second-order valence-electron chi connectivity index (χ2n) is 7.70. The van der Waals surface area contributed by atoms with Gasteiger partial charge in [0.15, 0.2) is 0 Å². The van der Waals surface area contributed by atoms with E-state index < -0.39 is 6.10 Å². The Morgan fingerprint density at radius 3 is 2.58 bits per heavy atom. The fraction of sp³-hybridized carbons (Fsp3) is 0.458. The predicted octanol–water partition coefficient (Wildman–Crippen LogP) is 2.61. The highest BCUT2D eigenvalue weighted by Gasteiger charge is 2.31. The highest BCUT2D eigenvalue weighted by molar-refractivity contribution is 5.78. The quantitative estimate of drug-likeness (QED) is 0.506. The summed E-state index contributed by atoms with van der Waals surface area (Å²) in [6, 6.07) is 15.3. The van der Waals surface area contributed by atoms with Gasteiger partial charge in [-0.1, -0.05) is 18.2 Å². The summed E-state index contributed by atoms with van der Waals surface area (Å²) in [6.07, 6.45) is 1.45. The summed E-state index contributed by atoms with van der Waals surface area (Å²) in [5.41, 5.74) is 1.16. The van der Waals surface area contributed by atoms with Crippen molar-refractivity contribution in [2.75, 3.05) is 33.9 Å². The zero-order valence-electron chi connectivity index (χ0n) is 18.3. The average Bonchev–Trinajstić information content (AvgIpc) is 3.14. The number of methoxy groups -OCH3 is 2. The number of nitrogens with one attached hydrogen (secondary N) is 1. The number of amides is 1. The summed E-state index contributed by atoms with van der Waals surface area (Å²) in [5.74, 6) is 2.27. The van der Waals surface area contributed by atoms with Crippen molar-refractivity contribution in [3.8, 4) is 17.2 Å². The second-order valence-corrected chi connectivity index (χ2v) is 7.70. The molecule has 0 radical (unpaired) electrons. The molecule has 0 bridgehead atoms. The average molecular weight is 429 g/mol. The van der Waals surface area contributed by atoms with E-state index >= 15 is 0 Å². The van der Waals surface area contributed by atoms with Crippen LogP contribution in [0.4, 0.5) is 0 Å². The predicted molar refractivity (Wildman–Crippen MR) is 119 cm³/mol. The van der Waals surface area contributed by atoms with Crippen LogP contribution in [0.3, 0.4) is 0 Å². The Kier molecular flexibility index (Phi) is 8.55. The number of ether oxygens (including phenoxy) is 3. The van der Waals surface area contributed by atoms with Crippen LogP contribution in [0.2, 0.25) is 0 Å². The van der Waals surface area contributed by atoms with Gasteiger partial charge in [-0.25, -0.2) is 0 Å². The normalized spacial score (nSPS) is 16.9. The standard InChI is InChI=1S/C24H32N2O5/c1-29-21-6-3-5-18(13-21)15-25-12-11-19-9-10-24(28)26(19)16-20(27)17-31-23-8-4-7-22(14-23)30-2/h3-8,13-14,19-20,25,27H,9-12,15-17H2,1-2H3/t19-,20-/m0/s1. The van der Waals surface area contributed by atoms with Gasteiger partial charge in [-0.15, -0.1) is 0 Å². The molecule has 1 aliphatic heterocycles. The fourth-order valence-electron chi connectivity index (χ4n) is 3.79. The summed E-state index contributed by atoms with van der Waals surface area (Å²) in [6.45, 7) is 1.94. The van der Waals surface area contributed by atoms with E-state index in [9.17, 15) is 9.90 Å². The van der Waals surface area contributed by atoms with Crippen molar-refractivity contribution in [3.05, 3.63) is 54.1 Å². The maximum atomic E-state index is 12.3. The van der Waals surface area contributed by atoms with Gasteiger partial charge in [-0.3, -0.25) is 4.79 Å². The topological polar surface area (TPSA) is 80.3 Å². The molecular formula is C24H32N2O5. The number of aliphatic hydroxyl groups is 1. The highest BCUT2D eigenvalue weighted by Crippen LogP contribution is 2.22. The molecule has 1 aliphatic rings. The zero-order valence-corrected chi connectivity index (χ0v) is 18.3. The summed E-state index contributed by atoms with van der Waals surface area (Å²) in [7, 11) is 3.26. The molecule has 1 fully saturated rings. The lowest BCUT2D eigenvalue weighted by molar-refractivity contribution is -0.130. The van der Waals surface area contributed by atoms with Gasteiger partial charge in [-0.05, 0) is 49.2 Å². The third kappa shape index (κ3) is 6.87. The Morgan fingerprint density at radius 2 is 1.81 bits per heavy atom. The van der Waals surface area contributed by atoms with Gasteiger partial charge in [0.1, 0.15) is 30.0 Å². The van der Waals surface area contributed by atoms with Gasteiger partial charge >= 0.3 is 0 Å². The number of benzene rings is 2. The first-order valence-electron chi connectivity index (χ1n) is 10.7.